The monoisotopic (exact) mass is 252 g/mol. The van der Waals surface area contributed by atoms with Gasteiger partial charge < -0.3 is 11.1 Å². The van der Waals surface area contributed by atoms with Crippen LogP contribution < -0.4 is 11.1 Å². The Labute approximate surface area is 107 Å². The van der Waals surface area contributed by atoms with Gasteiger partial charge in [0.15, 0.2) is 0 Å². The third-order valence-corrected chi connectivity index (χ3v) is 3.23. The fraction of sp³-hybridized carbons (Fsp3) is 0.583. The van der Waals surface area contributed by atoms with Gasteiger partial charge in [0.05, 0.1) is 17.1 Å². The lowest BCUT2D eigenvalue weighted by molar-refractivity contribution is 0.736. The number of anilines is 2. The third-order valence-electron chi connectivity index (χ3n) is 2.37. The molecule has 0 aliphatic carbocycles. The molecule has 0 aliphatic heterocycles. The third kappa shape index (κ3) is 3.90. The molecule has 0 atom stereocenters. The molecule has 4 nitrogen and oxygen atoms in total. The molecular weight excluding hydrogens is 232 g/mol. The fourth-order valence-electron chi connectivity index (χ4n) is 1.60. The van der Waals surface area contributed by atoms with E-state index in [-0.39, 0.29) is 0 Å². The van der Waals surface area contributed by atoms with Gasteiger partial charge >= 0.3 is 0 Å². The van der Waals surface area contributed by atoms with Crippen molar-refractivity contribution >= 4 is 23.3 Å². The summed E-state index contributed by atoms with van der Waals surface area (Å²) >= 11 is 1.73. The van der Waals surface area contributed by atoms with E-state index in [1.54, 1.807) is 11.8 Å². The number of hydrogen-bond acceptors (Lipinski definition) is 4. The molecule has 1 aromatic rings. The predicted octanol–water partition coefficient (Wildman–Crippen LogP) is 1.73. The molecule has 0 aliphatic rings. The van der Waals surface area contributed by atoms with Crippen molar-refractivity contribution in [2.24, 2.45) is 7.05 Å². The molecule has 1 aromatic heterocycles. The zero-order valence-corrected chi connectivity index (χ0v) is 11.3. The second-order valence-electron chi connectivity index (χ2n) is 3.77. The summed E-state index contributed by atoms with van der Waals surface area (Å²) in [7, 11) is 1.91. The molecule has 3 N–H and O–H groups in total. The zero-order valence-electron chi connectivity index (χ0n) is 10.5. The summed E-state index contributed by atoms with van der Waals surface area (Å²) in [6, 6.07) is 0. The maximum absolute atomic E-state index is 6.05. The molecule has 1 rings (SSSR count). The van der Waals surface area contributed by atoms with Crippen LogP contribution in [0.2, 0.25) is 0 Å². The minimum atomic E-state index is 0.754. The van der Waals surface area contributed by atoms with Gasteiger partial charge in [-0.15, -0.1) is 18.2 Å². The number of aryl methyl sites for hydroxylation is 2. The second kappa shape index (κ2) is 7.13. The van der Waals surface area contributed by atoms with Crippen molar-refractivity contribution in [3.05, 3.63) is 5.69 Å². The molecule has 0 bridgehead atoms. The van der Waals surface area contributed by atoms with Gasteiger partial charge in [-0.05, 0) is 6.42 Å². The van der Waals surface area contributed by atoms with Crippen LogP contribution in [0.15, 0.2) is 0 Å². The van der Waals surface area contributed by atoms with Crippen molar-refractivity contribution in [2.45, 2.75) is 19.8 Å². The Kier molecular flexibility index (Phi) is 5.78. The molecule has 0 radical (unpaired) electrons. The SMILES string of the molecule is C#CCSCCNc1c(N)c(CCC)nn1C. The molecule has 5 heteroatoms. The lowest BCUT2D eigenvalue weighted by atomic mass is 10.2. The molecule has 0 saturated heterocycles. The molecular formula is C12H20N4S. The lowest BCUT2D eigenvalue weighted by Crippen LogP contribution is -2.09. The molecule has 0 spiro atoms. The van der Waals surface area contributed by atoms with Crippen molar-refractivity contribution in [3.63, 3.8) is 0 Å². The zero-order chi connectivity index (χ0) is 12.7. The highest BCUT2D eigenvalue weighted by Gasteiger charge is 2.11. The van der Waals surface area contributed by atoms with Gasteiger partial charge in [-0.1, -0.05) is 19.3 Å². The highest BCUT2D eigenvalue weighted by molar-refractivity contribution is 7.99. The van der Waals surface area contributed by atoms with Crippen molar-refractivity contribution in [2.75, 3.05) is 29.1 Å². The van der Waals surface area contributed by atoms with Crippen LogP contribution >= 0.6 is 11.8 Å². The molecule has 0 unspecified atom stereocenters. The first-order chi connectivity index (χ1) is 8.20. The maximum atomic E-state index is 6.05. The average Bonchev–Trinajstić information content (AvgIpc) is 2.56. The van der Waals surface area contributed by atoms with Crippen LogP contribution in [-0.4, -0.2) is 27.8 Å². The summed E-state index contributed by atoms with van der Waals surface area (Å²) in [5, 5.41) is 7.71. The number of hydrogen-bond donors (Lipinski definition) is 2. The Balaban J connectivity index is 2.50. The maximum Gasteiger partial charge on any atom is 0.147 e. The van der Waals surface area contributed by atoms with Gasteiger partial charge in [-0.25, -0.2) is 0 Å². The number of thioether (sulfide) groups is 1. The number of nitrogens with two attached hydrogens (primary N) is 1. The van der Waals surface area contributed by atoms with Crippen molar-refractivity contribution in [1.29, 1.82) is 0 Å². The predicted molar refractivity (Wildman–Crippen MR) is 76.3 cm³/mol. The summed E-state index contributed by atoms with van der Waals surface area (Å²) in [6.07, 6.45) is 7.16. The molecule has 0 amide bonds. The van der Waals surface area contributed by atoms with Crippen LogP contribution in [0, 0.1) is 12.3 Å². The van der Waals surface area contributed by atoms with Gasteiger partial charge in [-0.3, -0.25) is 4.68 Å². The number of nitrogen functional groups attached to an aromatic ring is 1. The first-order valence-corrected chi connectivity index (χ1v) is 6.92. The summed E-state index contributed by atoms with van der Waals surface area (Å²) in [5.41, 5.74) is 7.80. The standard InChI is InChI=1S/C12H20N4S/c1-4-6-10-11(13)12(16(3)15-10)14-7-9-17-8-5-2/h2,14H,4,6-9,13H2,1,3H3. The Morgan fingerprint density at radius 1 is 1.59 bits per heavy atom. The summed E-state index contributed by atoms with van der Waals surface area (Å²) in [5.74, 6) is 5.24. The second-order valence-corrected chi connectivity index (χ2v) is 4.87. The topological polar surface area (TPSA) is 55.9 Å². The van der Waals surface area contributed by atoms with Crippen LogP contribution in [0.5, 0.6) is 0 Å². The van der Waals surface area contributed by atoms with E-state index in [0.717, 1.165) is 48.1 Å². The smallest absolute Gasteiger partial charge is 0.147 e. The molecule has 17 heavy (non-hydrogen) atoms. The van der Waals surface area contributed by atoms with Gasteiger partial charge in [-0.2, -0.15) is 5.10 Å². The lowest BCUT2D eigenvalue weighted by Gasteiger charge is -2.06. The molecule has 1 heterocycles. The van der Waals surface area contributed by atoms with E-state index in [2.05, 4.69) is 23.3 Å². The van der Waals surface area contributed by atoms with Gasteiger partial charge in [0.25, 0.3) is 0 Å². The van der Waals surface area contributed by atoms with Gasteiger partial charge in [0, 0.05) is 19.3 Å². The van der Waals surface area contributed by atoms with Crippen LogP contribution in [0.3, 0.4) is 0 Å². The summed E-state index contributed by atoms with van der Waals surface area (Å²) in [4.78, 5) is 0. The Morgan fingerprint density at radius 3 is 3.00 bits per heavy atom. The van der Waals surface area contributed by atoms with Crippen molar-refractivity contribution < 1.29 is 0 Å². The van der Waals surface area contributed by atoms with E-state index >= 15 is 0 Å². The first-order valence-electron chi connectivity index (χ1n) is 5.77. The normalized spacial score (nSPS) is 10.2. The Bertz CT molecular complexity index is 392. The largest absolute Gasteiger partial charge is 0.394 e. The van der Waals surface area contributed by atoms with E-state index in [9.17, 15) is 0 Å². The number of aromatic nitrogens is 2. The van der Waals surface area contributed by atoms with Crippen molar-refractivity contribution in [1.82, 2.24) is 9.78 Å². The molecule has 94 valence electrons. The van der Waals surface area contributed by atoms with E-state index in [1.165, 1.54) is 0 Å². The summed E-state index contributed by atoms with van der Waals surface area (Å²) < 4.78 is 1.81. The van der Waals surface area contributed by atoms with E-state index in [1.807, 2.05) is 11.7 Å². The highest BCUT2D eigenvalue weighted by atomic mass is 32.2. The molecule has 0 fully saturated rings. The van der Waals surface area contributed by atoms with Crippen LogP contribution in [0.4, 0.5) is 11.5 Å². The first kappa shape index (κ1) is 13.8. The van der Waals surface area contributed by atoms with E-state index < -0.39 is 0 Å². The van der Waals surface area contributed by atoms with Gasteiger partial charge in [0.2, 0.25) is 0 Å². The minimum absolute atomic E-state index is 0.754. The highest BCUT2D eigenvalue weighted by Crippen LogP contribution is 2.22. The minimum Gasteiger partial charge on any atom is -0.394 e. The summed E-state index contributed by atoms with van der Waals surface area (Å²) in [6.45, 7) is 2.97. The quantitative estimate of drug-likeness (QED) is 0.573. The number of rotatable bonds is 7. The number of terminal acetylenes is 1. The molecule has 0 saturated carbocycles. The van der Waals surface area contributed by atoms with Crippen LogP contribution in [-0.2, 0) is 13.5 Å². The van der Waals surface area contributed by atoms with Crippen LogP contribution in [0.25, 0.3) is 0 Å². The fourth-order valence-corrected chi connectivity index (χ4v) is 2.11. The van der Waals surface area contributed by atoms with Crippen LogP contribution in [0.1, 0.15) is 19.0 Å². The molecule has 0 aromatic carbocycles. The Hall–Kier alpha value is -1.28. The average molecular weight is 252 g/mol. The van der Waals surface area contributed by atoms with Crippen molar-refractivity contribution in [3.8, 4) is 12.3 Å². The number of nitrogens with one attached hydrogen (secondary N) is 1. The Morgan fingerprint density at radius 2 is 2.35 bits per heavy atom. The van der Waals surface area contributed by atoms with E-state index in [0.29, 0.717) is 0 Å². The van der Waals surface area contributed by atoms with E-state index in [4.69, 9.17) is 12.2 Å². The van der Waals surface area contributed by atoms with Gasteiger partial charge in [0.1, 0.15) is 5.82 Å². The number of nitrogens with zero attached hydrogens (tertiary/aromatic N) is 2.